The highest BCUT2D eigenvalue weighted by Crippen LogP contribution is 2.32. The summed E-state index contributed by atoms with van der Waals surface area (Å²) in [6.07, 6.45) is -0.272. The number of nitrogens with one attached hydrogen (secondary N) is 1. The third-order valence-electron chi connectivity index (χ3n) is 6.41. The number of anilines is 1. The number of carbonyl (C=O) groups excluding carboxylic acids is 2. The lowest BCUT2D eigenvalue weighted by Gasteiger charge is -2.35. The summed E-state index contributed by atoms with van der Waals surface area (Å²) in [4.78, 5) is 34.2. The molecular weight excluding hydrogens is 516 g/mol. The number of oxazole rings is 1. The Morgan fingerprint density at radius 3 is 2.49 bits per heavy atom. The minimum absolute atomic E-state index is 0.271. The number of ether oxygens (including phenoxy) is 1. The molecule has 1 aromatic heterocycles. The average molecular weight is 547 g/mol. The summed E-state index contributed by atoms with van der Waals surface area (Å²) in [5.74, 6) is 0.154. The Kier molecular flexibility index (Phi) is 7.59. The minimum Gasteiger partial charge on any atom is -0.444 e. The van der Waals surface area contributed by atoms with E-state index in [1.807, 2.05) is 63.2 Å². The fourth-order valence-corrected chi connectivity index (χ4v) is 4.70. The van der Waals surface area contributed by atoms with Crippen molar-refractivity contribution in [1.29, 1.82) is 0 Å². The Balaban J connectivity index is 1.32. The van der Waals surface area contributed by atoms with E-state index in [4.69, 9.17) is 25.7 Å². The standard InChI is InChI=1S/C30H31ClN4O4/c1-30(2,3)39-29(37)35-16-14-34(15-17-35)19-21-9-7-13-25-26(21)33-28(38-25)23-11-4-5-12-24(23)32-27(36)20-8-6-10-22(31)18-20/h4-13,18H,14-17,19H2,1-3H3,(H,32,36). The quantitative estimate of drug-likeness (QED) is 0.309. The smallest absolute Gasteiger partial charge is 0.410 e. The van der Waals surface area contributed by atoms with E-state index in [-0.39, 0.29) is 12.0 Å². The molecule has 0 bridgehead atoms. The van der Waals surface area contributed by atoms with Crippen LogP contribution in [0.15, 0.2) is 71.1 Å². The Hall–Kier alpha value is -3.88. The number of piperazine rings is 1. The van der Waals surface area contributed by atoms with Gasteiger partial charge in [-0.25, -0.2) is 9.78 Å². The second kappa shape index (κ2) is 11.1. The predicted molar refractivity (Wildman–Crippen MR) is 152 cm³/mol. The van der Waals surface area contributed by atoms with E-state index >= 15 is 0 Å². The summed E-state index contributed by atoms with van der Waals surface area (Å²) < 4.78 is 11.7. The molecule has 1 saturated heterocycles. The molecule has 0 atom stereocenters. The van der Waals surface area contributed by atoms with Crippen molar-refractivity contribution < 1.29 is 18.7 Å². The van der Waals surface area contributed by atoms with E-state index < -0.39 is 5.60 Å². The molecule has 2 amide bonds. The first kappa shape index (κ1) is 26.7. The third-order valence-corrected chi connectivity index (χ3v) is 6.65. The molecule has 202 valence electrons. The van der Waals surface area contributed by atoms with Crippen LogP contribution in [0.2, 0.25) is 5.02 Å². The van der Waals surface area contributed by atoms with Crippen LogP contribution >= 0.6 is 11.6 Å². The number of carbonyl (C=O) groups is 2. The van der Waals surface area contributed by atoms with E-state index in [2.05, 4.69) is 10.2 Å². The van der Waals surface area contributed by atoms with Crippen molar-refractivity contribution in [3.63, 3.8) is 0 Å². The number of benzene rings is 3. The zero-order valence-electron chi connectivity index (χ0n) is 22.2. The van der Waals surface area contributed by atoms with Crippen LogP contribution in [0.4, 0.5) is 10.5 Å². The average Bonchev–Trinajstić information content (AvgIpc) is 3.34. The van der Waals surface area contributed by atoms with Crippen LogP contribution in [0, 0.1) is 0 Å². The molecule has 0 saturated carbocycles. The van der Waals surface area contributed by atoms with Gasteiger partial charge in [0.05, 0.1) is 11.3 Å². The first-order valence-corrected chi connectivity index (χ1v) is 13.3. The highest BCUT2D eigenvalue weighted by molar-refractivity contribution is 6.31. The topological polar surface area (TPSA) is 87.9 Å². The summed E-state index contributed by atoms with van der Waals surface area (Å²) in [6.45, 7) is 8.98. The van der Waals surface area contributed by atoms with Crippen molar-refractivity contribution in [3.05, 3.63) is 82.9 Å². The number of nitrogens with zero attached hydrogens (tertiary/aromatic N) is 3. The summed E-state index contributed by atoms with van der Waals surface area (Å²) >= 11 is 6.06. The molecule has 8 nitrogen and oxygen atoms in total. The maximum atomic E-state index is 12.9. The van der Waals surface area contributed by atoms with Crippen molar-refractivity contribution in [1.82, 2.24) is 14.8 Å². The van der Waals surface area contributed by atoms with Gasteiger partial charge in [0.1, 0.15) is 11.1 Å². The van der Waals surface area contributed by atoms with Gasteiger partial charge in [0.15, 0.2) is 5.58 Å². The zero-order chi connectivity index (χ0) is 27.6. The van der Waals surface area contributed by atoms with Crippen molar-refractivity contribution in [2.24, 2.45) is 0 Å². The van der Waals surface area contributed by atoms with Gasteiger partial charge in [-0.3, -0.25) is 9.69 Å². The normalized spacial score (nSPS) is 14.4. The Morgan fingerprint density at radius 2 is 1.74 bits per heavy atom. The summed E-state index contributed by atoms with van der Waals surface area (Å²) in [5.41, 5.74) is 3.71. The van der Waals surface area contributed by atoms with Gasteiger partial charge in [-0.2, -0.15) is 0 Å². The van der Waals surface area contributed by atoms with Crippen LogP contribution in [0.25, 0.3) is 22.6 Å². The molecule has 1 aliphatic rings. The molecule has 39 heavy (non-hydrogen) atoms. The third kappa shape index (κ3) is 6.41. The predicted octanol–water partition coefficient (Wildman–Crippen LogP) is 6.45. The largest absolute Gasteiger partial charge is 0.444 e. The molecule has 9 heteroatoms. The summed E-state index contributed by atoms with van der Waals surface area (Å²) in [7, 11) is 0. The minimum atomic E-state index is -0.509. The second-order valence-electron chi connectivity index (χ2n) is 10.5. The van der Waals surface area contributed by atoms with E-state index in [0.29, 0.717) is 52.9 Å². The van der Waals surface area contributed by atoms with E-state index in [0.717, 1.165) is 24.2 Å². The number of hydrogen-bond acceptors (Lipinski definition) is 6. The van der Waals surface area contributed by atoms with Gasteiger partial charge in [-0.05, 0) is 62.7 Å². The van der Waals surface area contributed by atoms with Gasteiger partial charge in [0, 0.05) is 43.3 Å². The second-order valence-corrected chi connectivity index (χ2v) is 11.0. The van der Waals surface area contributed by atoms with Gasteiger partial charge in [-0.15, -0.1) is 0 Å². The van der Waals surface area contributed by atoms with E-state index in [1.54, 1.807) is 29.2 Å². The number of hydrogen-bond donors (Lipinski definition) is 1. The molecule has 0 unspecified atom stereocenters. The van der Waals surface area contributed by atoms with Gasteiger partial charge in [0.25, 0.3) is 5.91 Å². The van der Waals surface area contributed by atoms with E-state index in [1.165, 1.54) is 0 Å². The first-order chi connectivity index (χ1) is 18.7. The first-order valence-electron chi connectivity index (χ1n) is 12.9. The number of rotatable bonds is 5. The fourth-order valence-electron chi connectivity index (χ4n) is 4.51. The Labute approximate surface area is 232 Å². The molecule has 1 aliphatic heterocycles. The van der Waals surface area contributed by atoms with Crippen LogP contribution in [0.1, 0.15) is 36.7 Å². The van der Waals surface area contributed by atoms with Crippen LogP contribution in [-0.2, 0) is 11.3 Å². The number of amides is 2. The van der Waals surface area contributed by atoms with E-state index in [9.17, 15) is 9.59 Å². The summed E-state index contributed by atoms with van der Waals surface area (Å²) in [5, 5.41) is 3.45. The lowest BCUT2D eigenvalue weighted by Crippen LogP contribution is -2.49. The molecule has 5 rings (SSSR count). The van der Waals surface area contributed by atoms with Gasteiger partial charge < -0.3 is 19.4 Å². The molecule has 1 fully saturated rings. The SMILES string of the molecule is CC(C)(C)OC(=O)N1CCN(Cc2cccc3oc(-c4ccccc4NC(=O)c4cccc(Cl)c4)nc23)CC1. The maximum absolute atomic E-state index is 12.9. The lowest BCUT2D eigenvalue weighted by atomic mass is 10.1. The van der Waals surface area contributed by atoms with Crippen LogP contribution < -0.4 is 5.32 Å². The molecule has 0 spiro atoms. The highest BCUT2D eigenvalue weighted by atomic mass is 35.5. The number of halogens is 1. The molecule has 3 aromatic carbocycles. The van der Waals surface area contributed by atoms with Crippen LogP contribution in [0.5, 0.6) is 0 Å². The van der Waals surface area contributed by atoms with Crippen molar-refractivity contribution in [2.75, 3.05) is 31.5 Å². The van der Waals surface area contributed by atoms with Gasteiger partial charge in [-0.1, -0.05) is 41.9 Å². The molecule has 4 aromatic rings. The van der Waals surface area contributed by atoms with Crippen molar-refractivity contribution >= 4 is 40.4 Å². The molecule has 1 N–H and O–H groups in total. The molecule has 0 radical (unpaired) electrons. The fraction of sp³-hybridized carbons (Fsp3) is 0.300. The maximum Gasteiger partial charge on any atom is 0.410 e. The van der Waals surface area contributed by atoms with Crippen LogP contribution in [-0.4, -0.2) is 58.6 Å². The van der Waals surface area contributed by atoms with Crippen molar-refractivity contribution in [3.8, 4) is 11.5 Å². The number of aromatic nitrogens is 1. The van der Waals surface area contributed by atoms with Gasteiger partial charge in [0.2, 0.25) is 5.89 Å². The monoisotopic (exact) mass is 546 g/mol. The Bertz CT molecular complexity index is 1500. The summed E-state index contributed by atoms with van der Waals surface area (Å²) in [6, 6.07) is 20.1. The highest BCUT2D eigenvalue weighted by Gasteiger charge is 2.26. The molecular formula is C30H31ClN4O4. The molecule has 2 heterocycles. The van der Waals surface area contributed by atoms with Crippen molar-refractivity contribution in [2.45, 2.75) is 32.9 Å². The van der Waals surface area contributed by atoms with Crippen LogP contribution in [0.3, 0.4) is 0 Å². The number of para-hydroxylation sites is 2. The van der Waals surface area contributed by atoms with Gasteiger partial charge >= 0.3 is 6.09 Å². The molecule has 0 aliphatic carbocycles. The zero-order valence-corrected chi connectivity index (χ0v) is 23.0. The lowest BCUT2D eigenvalue weighted by molar-refractivity contribution is 0.0139. The number of fused-ring (bicyclic) bond motifs is 1. The Morgan fingerprint density at radius 1 is 1.00 bits per heavy atom.